The largest absolute Gasteiger partial charge is 0.341 e. The normalized spacial score (nSPS) is 20.0. The van der Waals surface area contributed by atoms with Gasteiger partial charge < -0.3 is 4.57 Å². The van der Waals surface area contributed by atoms with E-state index in [0.29, 0.717) is 0 Å². The van der Waals surface area contributed by atoms with Gasteiger partial charge in [0.05, 0.1) is 11.0 Å². The van der Waals surface area contributed by atoms with Crippen LogP contribution in [0.4, 0.5) is 0 Å². The minimum Gasteiger partial charge on any atom is -0.341 e. The van der Waals surface area contributed by atoms with Crippen LogP contribution in [-0.2, 0) is 13.0 Å². The van der Waals surface area contributed by atoms with Crippen molar-refractivity contribution in [2.45, 2.75) is 61.8 Å². The van der Waals surface area contributed by atoms with E-state index in [1.165, 1.54) is 61.2 Å². The first-order chi connectivity index (χ1) is 9.42. The van der Waals surface area contributed by atoms with Crippen molar-refractivity contribution in [3.8, 4) is 0 Å². The smallest absolute Gasteiger partial charge is 0.124 e. The van der Waals surface area contributed by atoms with E-state index in [0.717, 1.165) is 17.3 Å². The second kappa shape index (κ2) is 4.82. The summed E-state index contributed by atoms with van der Waals surface area (Å²) < 4.78 is 2.44. The highest BCUT2D eigenvalue weighted by molar-refractivity contribution is 8.00. The maximum atomic E-state index is 4.58. The van der Waals surface area contributed by atoms with Gasteiger partial charge in [-0.25, -0.2) is 9.97 Å². The summed E-state index contributed by atoms with van der Waals surface area (Å²) in [5, 5.41) is 1.98. The minimum absolute atomic E-state index is 0.763. The molecule has 1 aliphatic heterocycles. The molecule has 0 atom stereocenters. The van der Waals surface area contributed by atoms with Gasteiger partial charge in [0.15, 0.2) is 0 Å². The van der Waals surface area contributed by atoms with Crippen LogP contribution in [0.25, 0.3) is 11.0 Å². The van der Waals surface area contributed by atoms with E-state index in [4.69, 9.17) is 0 Å². The molecule has 0 N–H and O–H groups in total. The number of hydrogen-bond donors (Lipinski definition) is 0. The van der Waals surface area contributed by atoms with Crippen LogP contribution >= 0.6 is 11.8 Å². The molecule has 2 aromatic heterocycles. The number of fused-ring (bicyclic) bond motifs is 3. The second-order valence-electron chi connectivity index (χ2n) is 5.68. The molecule has 100 valence electrons. The summed E-state index contributed by atoms with van der Waals surface area (Å²) in [5.41, 5.74) is 3.88. The Morgan fingerprint density at radius 2 is 2.00 bits per heavy atom. The fraction of sp³-hybridized carbons (Fsp3) is 0.600. The van der Waals surface area contributed by atoms with Gasteiger partial charge in [-0.15, -0.1) is 11.8 Å². The van der Waals surface area contributed by atoms with E-state index in [1.807, 2.05) is 11.8 Å². The molecule has 3 heterocycles. The van der Waals surface area contributed by atoms with Gasteiger partial charge in [-0.1, -0.05) is 19.3 Å². The molecule has 0 aromatic carbocycles. The van der Waals surface area contributed by atoms with Crippen molar-refractivity contribution < 1.29 is 0 Å². The van der Waals surface area contributed by atoms with E-state index in [-0.39, 0.29) is 0 Å². The molecular weight excluding hydrogens is 254 g/mol. The lowest BCUT2D eigenvalue weighted by Crippen LogP contribution is -2.08. The van der Waals surface area contributed by atoms with Gasteiger partial charge >= 0.3 is 0 Å². The van der Waals surface area contributed by atoms with E-state index in [2.05, 4.69) is 20.6 Å². The first kappa shape index (κ1) is 11.8. The molecule has 4 rings (SSSR count). The molecule has 2 aromatic rings. The van der Waals surface area contributed by atoms with Crippen molar-refractivity contribution in [2.24, 2.45) is 0 Å². The molecule has 0 amide bonds. The molecule has 1 aliphatic carbocycles. The average Bonchev–Trinajstić information content (AvgIpc) is 3.00. The van der Waals surface area contributed by atoms with E-state index < -0.39 is 0 Å². The highest BCUT2D eigenvalue weighted by atomic mass is 32.2. The van der Waals surface area contributed by atoms with Gasteiger partial charge in [-0.05, 0) is 31.7 Å². The van der Waals surface area contributed by atoms with Gasteiger partial charge in [0.2, 0.25) is 0 Å². The quantitative estimate of drug-likeness (QED) is 0.780. The molecule has 0 spiro atoms. The lowest BCUT2D eigenvalue weighted by atomic mass is 10.0. The van der Waals surface area contributed by atoms with Gasteiger partial charge in [-0.2, -0.15) is 0 Å². The van der Waals surface area contributed by atoms with Crippen LogP contribution in [0.1, 0.15) is 44.2 Å². The lowest BCUT2D eigenvalue weighted by Gasteiger charge is -2.20. The van der Waals surface area contributed by atoms with Crippen molar-refractivity contribution in [1.82, 2.24) is 14.5 Å². The van der Waals surface area contributed by atoms with Crippen molar-refractivity contribution in [1.29, 1.82) is 0 Å². The summed E-state index contributed by atoms with van der Waals surface area (Å²) in [5.74, 6) is 0. The predicted octanol–water partition coefficient (Wildman–Crippen LogP) is 3.80. The SMILES string of the molecule is c1nc(SC2CCCCC2)c2c(cc3n2CCC3)n1. The van der Waals surface area contributed by atoms with Crippen LogP contribution in [0.2, 0.25) is 0 Å². The van der Waals surface area contributed by atoms with Crippen LogP contribution in [0.3, 0.4) is 0 Å². The summed E-state index contributed by atoms with van der Waals surface area (Å²) in [7, 11) is 0. The maximum Gasteiger partial charge on any atom is 0.124 e. The molecule has 3 nitrogen and oxygen atoms in total. The predicted molar refractivity (Wildman–Crippen MR) is 78.6 cm³/mol. The zero-order valence-corrected chi connectivity index (χ0v) is 12.0. The molecule has 0 radical (unpaired) electrons. The molecule has 4 heteroatoms. The summed E-state index contributed by atoms with van der Waals surface area (Å²) in [6.07, 6.45) is 11.1. The zero-order valence-electron chi connectivity index (χ0n) is 11.1. The first-order valence-corrected chi connectivity index (χ1v) is 8.29. The Labute approximate surface area is 117 Å². The second-order valence-corrected chi connectivity index (χ2v) is 6.97. The molecule has 19 heavy (non-hydrogen) atoms. The van der Waals surface area contributed by atoms with Crippen LogP contribution in [0.15, 0.2) is 17.4 Å². The molecule has 0 saturated heterocycles. The Bertz CT molecular complexity index is 599. The summed E-state index contributed by atoms with van der Waals surface area (Å²) >= 11 is 1.99. The Balaban J connectivity index is 1.72. The summed E-state index contributed by atoms with van der Waals surface area (Å²) in [6.45, 7) is 1.14. The van der Waals surface area contributed by atoms with Crippen LogP contribution in [0, 0.1) is 0 Å². The fourth-order valence-electron chi connectivity index (χ4n) is 3.42. The standard InChI is InChI=1S/C15H19N3S/c1-2-6-12(7-3-1)19-15-14-13(16-10-17-15)9-11-5-4-8-18(11)14/h9-10,12H,1-8H2. The highest BCUT2D eigenvalue weighted by Crippen LogP contribution is 2.37. The van der Waals surface area contributed by atoms with Crippen molar-refractivity contribution >= 4 is 22.8 Å². The number of rotatable bonds is 2. The number of aryl methyl sites for hydroxylation is 2. The van der Waals surface area contributed by atoms with Gasteiger partial charge in [0.1, 0.15) is 11.4 Å². The minimum atomic E-state index is 0.763. The van der Waals surface area contributed by atoms with Crippen molar-refractivity contribution in [2.75, 3.05) is 0 Å². The molecule has 1 saturated carbocycles. The number of hydrogen-bond acceptors (Lipinski definition) is 3. The summed E-state index contributed by atoms with van der Waals surface area (Å²) in [4.78, 5) is 9.03. The Morgan fingerprint density at radius 3 is 2.89 bits per heavy atom. The lowest BCUT2D eigenvalue weighted by molar-refractivity contribution is 0.516. The summed E-state index contributed by atoms with van der Waals surface area (Å²) in [6, 6.07) is 2.26. The van der Waals surface area contributed by atoms with Gasteiger partial charge in [0, 0.05) is 17.5 Å². The molecule has 0 bridgehead atoms. The third-order valence-electron chi connectivity index (χ3n) is 4.38. The Kier molecular flexibility index (Phi) is 2.98. The molecule has 0 unspecified atom stereocenters. The number of thioether (sulfide) groups is 1. The van der Waals surface area contributed by atoms with Crippen molar-refractivity contribution in [3.05, 3.63) is 18.1 Å². The van der Waals surface area contributed by atoms with E-state index in [1.54, 1.807) is 6.33 Å². The Morgan fingerprint density at radius 1 is 1.11 bits per heavy atom. The van der Waals surface area contributed by atoms with E-state index >= 15 is 0 Å². The maximum absolute atomic E-state index is 4.58. The molecule has 2 aliphatic rings. The zero-order chi connectivity index (χ0) is 12.7. The van der Waals surface area contributed by atoms with Crippen LogP contribution < -0.4 is 0 Å². The highest BCUT2D eigenvalue weighted by Gasteiger charge is 2.21. The average molecular weight is 273 g/mol. The van der Waals surface area contributed by atoms with Crippen LogP contribution in [0.5, 0.6) is 0 Å². The number of aromatic nitrogens is 3. The molecule has 1 fully saturated rings. The first-order valence-electron chi connectivity index (χ1n) is 7.41. The Hall–Kier alpha value is -1.03. The fourth-order valence-corrected chi connectivity index (χ4v) is 4.74. The monoisotopic (exact) mass is 273 g/mol. The van der Waals surface area contributed by atoms with Gasteiger partial charge in [0.25, 0.3) is 0 Å². The number of nitrogens with zero attached hydrogens (tertiary/aromatic N) is 3. The van der Waals surface area contributed by atoms with Crippen molar-refractivity contribution in [3.63, 3.8) is 0 Å². The third-order valence-corrected chi connectivity index (χ3v) is 5.71. The third kappa shape index (κ3) is 2.06. The van der Waals surface area contributed by atoms with Gasteiger partial charge in [-0.3, -0.25) is 0 Å². The van der Waals surface area contributed by atoms with E-state index in [9.17, 15) is 0 Å². The van der Waals surface area contributed by atoms with Crippen LogP contribution in [-0.4, -0.2) is 19.8 Å². The topological polar surface area (TPSA) is 30.7 Å². The molecular formula is C15H19N3S.